The zero-order chi connectivity index (χ0) is 17.5. The maximum atomic E-state index is 12.3. The number of para-hydroxylation sites is 1. The molecule has 3 nitrogen and oxygen atoms in total. The molecule has 0 saturated heterocycles. The Morgan fingerprint density at radius 2 is 1.32 bits per heavy atom. The Hall–Kier alpha value is -2.62. The summed E-state index contributed by atoms with van der Waals surface area (Å²) in [5.74, 6) is -0.134. The molecule has 0 saturated carbocycles. The number of halogens is 1. The van der Waals surface area contributed by atoms with Gasteiger partial charge >= 0.3 is 0 Å². The lowest BCUT2D eigenvalue weighted by molar-refractivity contribution is -0.115. The summed E-state index contributed by atoms with van der Waals surface area (Å²) in [7, 11) is 0. The molecule has 0 fully saturated rings. The van der Waals surface area contributed by atoms with E-state index in [1.165, 1.54) is 0 Å². The van der Waals surface area contributed by atoms with Crippen molar-refractivity contribution in [3.05, 3.63) is 101 Å². The number of carbonyl (C=O) groups excluding carboxylic acids is 1. The van der Waals surface area contributed by atoms with Gasteiger partial charge < -0.3 is 5.32 Å². The molecule has 0 bridgehead atoms. The highest BCUT2D eigenvalue weighted by Gasteiger charge is 2.15. The zero-order valence-electron chi connectivity index (χ0n) is 13.7. The minimum Gasteiger partial charge on any atom is -0.324 e. The quantitative estimate of drug-likeness (QED) is 0.679. The molecule has 0 atom stereocenters. The third-order valence-corrected chi connectivity index (χ3v) is 4.21. The molecule has 0 aliphatic carbocycles. The van der Waals surface area contributed by atoms with Gasteiger partial charge in [-0.3, -0.25) is 10.1 Å². The van der Waals surface area contributed by atoms with Gasteiger partial charge in [0.05, 0.1) is 23.3 Å². The zero-order valence-corrected chi connectivity index (χ0v) is 14.4. The largest absolute Gasteiger partial charge is 0.324 e. The molecule has 2 N–H and O–H groups in total. The SMILES string of the molecule is O=C(CNC(c1ccccc1)c1ccccc1)Nc1ccccc1Cl. The van der Waals surface area contributed by atoms with Gasteiger partial charge in [-0.05, 0) is 23.3 Å². The molecule has 3 aromatic rings. The molecule has 0 unspecified atom stereocenters. The van der Waals surface area contributed by atoms with E-state index in [1.807, 2.05) is 48.5 Å². The van der Waals surface area contributed by atoms with Crippen LogP contribution in [-0.4, -0.2) is 12.5 Å². The fourth-order valence-electron chi connectivity index (χ4n) is 2.67. The molecule has 3 aromatic carbocycles. The molecule has 1 amide bonds. The summed E-state index contributed by atoms with van der Waals surface area (Å²) in [5, 5.41) is 6.70. The first kappa shape index (κ1) is 17.2. The van der Waals surface area contributed by atoms with Crippen molar-refractivity contribution in [2.45, 2.75) is 6.04 Å². The van der Waals surface area contributed by atoms with E-state index in [1.54, 1.807) is 12.1 Å². The van der Waals surface area contributed by atoms with E-state index in [0.717, 1.165) is 11.1 Å². The van der Waals surface area contributed by atoms with Crippen LogP contribution in [0.2, 0.25) is 5.02 Å². The summed E-state index contributed by atoms with van der Waals surface area (Å²) in [6.07, 6.45) is 0. The lowest BCUT2D eigenvalue weighted by Gasteiger charge is -2.20. The van der Waals surface area contributed by atoms with Crippen LogP contribution in [0.3, 0.4) is 0 Å². The molecule has 25 heavy (non-hydrogen) atoms. The Morgan fingerprint density at radius 1 is 0.800 bits per heavy atom. The topological polar surface area (TPSA) is 41.1 Å². The van der Waals surface area contributed by atoms with Gasteiger partial charge in [0.2, 0.25) is 5.91 Å². The summed E-state index contributed by atoms with van der Waals surface area (Å²) in [4.78, 5) is 12.3. The molecule has 3 rings (SSSR count). The Morgan fingerprint density at radius 3 is 1.88 bits per heavy atom. The second-order valence-corrected chi connectivity index (χ2v) is 6.07. The average molecular weight is 351 g/mol. The van der Waals surface area contributed by atoms with E-state index in [0.29, 0.717) is 10.7 Å². The monoisotopic (exact) mass is 350 g/mol. The lowest BCUT2D eigenvalue weighted by Crippen LogP contribution is -2.32. The van der Waals surface area contributed by atoms with Gasteiger partial charge in [0, 0.05) is 0 Å². The fraction of sp³-hybridized carbons (Fsp3) is 0.0952. The van der Waals surface area contributed by atoms with Crippen molar-refractivity contribution in [3.8, 4) is 0 Å². The smallest absolute Gasteiger partial charge is 0.238 e. The predicted molar refractivity (Wildman–Crippen MR) is 103 cm³/mol. The van der Waals surface area contributed by atoms with Gasteiger partial charge in [0.25, 0.3) is 0 Å². The van der Waals surface area contributed by atoms with Crippen LogP contribution in [-0.2, 0) is 4.79 Å². The lowest BCUT2D eigenvalue weighted by atomic mass is 9.99. The van der Waals surface area contributed by atoms with E-state index in [9.17, 15) is 4.79 Å². The number of nitrogens with one attached hydrogen (secondary N) is 2. The van der Waals surface area contributed by atoms with Crippen LogP contribution in [0.25, 0.3) is 0 Å². The van der Waals surface area contributed by atoms with Gasteiger partial charge in [-0.25, -0.2) is 0 Å². The van der Waals surface area contributed by atoms with Crippen molar-refractivity contribution in [2.75, 3.05) is 11.9 Å². The summed E-state index contributed by atoms with van der Waals surface area (Å²) in [6, 6.07) is 27.3. The van der Waals surface area contributed by atoms with Crippen molar-refractivity contribution < 1.29 is 4.79 Å². The second kappa shape index (κ2) is 8.47. The van der Waals surface area contributed by atoms with Crippen LogP contribution in [0.5, 0.6) is 0 Å². The van der Waals surface area contributed by atoms with E-state index >= 15 is 0 Å². The average Bonchev–Trinajstić information content (AvgIpc) is 2.66. The van der Waals surface area contributed by atoms with Crippen molar-refractivity contribution >= 4 is 23.2 Å². The first-order valence-electron chi connectivity index (χ1n) is 8.11. The summed E-state index contributed by atoms with van der Waals surface area (Å²) < 4.78 is 0. The molecule has 0 radical (unpaired) electrons. The molecule has 0 aliphatic heterocycles. The molecular weight excluding hydrogens is 332 g/mol. The molecule has 4 heteroatoms. The van der Waals surface area contributed by atoms with Crippen molar-refractivity contribution in [1.82, 2.24) is 5.32 Å². The van der Waals surface area contributed by atoms with Gasteiger partial charge in [-0.15, -0.1) is 0 Å². The second-order valence-electron chi connectivity index (χ2n) is 5.66. The van der Waals surface area contributed by atoms with Crippen molar-refractivity contribution in [1.29, 1.82) is 0 Å². The number of rotatable bonds is 6. The van der Waals surface area contributed by atoms with Crippen LogP contribution >= 0.6 is 11.6 Å². The minimum atomic E-state index is -0.134. The van der Waals surface area contributed by atoms with Crippen LogP contribution in [0.4, 0.5) is 5.69 Å². The molecule has 0 heterocycles. The fourth-order valence-corrected chi connectivity index (χ4v) is 2.85. The Bertz CT molecular complexity index is 782. The van der Waals surface area contributed by atoms with Crippen LogP contribution < -0.4 is 10.6 Å². The third kappa shape index (κ3) is 4.69. The first-order valence-corrected chi connectivity index (χ1v) is 8.49. The highest BCUT2D eigenvalue weighted by Crippen LogP contribution is 2.22. The Labute approximate surface area is 152 Å². The van der Waals surface area contributed by atoms with Crippen LogP contribution in [0, 0.1) is 0 Å². The number of benzene rings is 3. The van der Waals surface area contributed by atoms with Gasteiger partial charge in [0.15, 0.2) is 0 Å². The Kier molecular flexibility index (Phi) is 5.83. The molecule has 126 valence electrons. The minimum absolute atomic E-state index is 0.0561. The number of amides is 1. The summed E-state index contributed by atoms with van der Waals surface area (Å²) in [6.45, 7) is 0.180. The number of hydrogen-bond acceptors (Lipinski definition) is 2. The highest BCUT2D eigenvalue weighted by molar-refractivity contribution is 6.33. The predicted octanol–water partition coefficient (Wildman–Crippen LogP) is 4.66. The maximum Gasteiger partial charge on any atom is 0.238 e. The van der Waals surface area contributed by atoms with Gasteiger partial charge in [0.1, 0.15) is 0 Å². The molecule has 0 aromatic heterocycles. The van der Waals surface area contributed by atoms with E-state index in [-0.39, 0.29) is 18.5 Å². The van der Waals surface area contributed by atoms with Gasteiger partial charge in [-0.2, -0.15) is 0 Å². The third-order valence-electron chi connectivity index (χ3n) is 3.88. The number of anilines is 1. The first-order chi connectivity index (χ1) is 12.2. The standard InChI is InChI=1S/C21H19ClN2O/c22-18-13-7-8-14-19(18)24-20(25)15-23-21(16-9-3-1-4-10-16)17-11-5-2-6-12-17/h1-14,21,23H,15H2,(H,24,25). The van der Waals surface area contributed by atoms with Crippen LogP contribution in [0.15, 0.2) is 84.9 Å². The number of carbonyl (C=O) groups is 1. The molecule has 0 spiro atoms. The van der Waals surface area contributed by atoms with Gasteiger partial charge in [-0.1, -0.05) is 84.4 Å². The molecule has 0 aliphatic rings. The highest BCUT2D eigenvalue weighted by atomic mass is 35.5. The van der Waals surface area contributed by atoms with Crippen LogP contribution in [0.1, 0.15) is 17.2 Å². The summed E-state index contributed by atoms with van der Waals surface area (Å²) in [5.41, 5.74) is 2.84. The maximum absolute atomic E-state index is 12.3. The van der Waals surface area contributed by atoms with Crippen molar-refractivity contribution in [3.63, 3.8) is 0 Å². The normalized spacial score (nSPS) is 10.6. The molecular formula is C21H19ClN2O. The number of hydrogen-bond donors (Lipinski definition) is 2. The Balaban J connectivity index is 1.71. The van der Waals surface area contributed by atoms with E-state index in [4.69, 9.17) is 11.6 Å². The van der Waals surface area contributed by atoms with E-state index < -0.39 is 0 Å². The van der Waals surface area contributed by atoms with E-state index in [2.05, 4.69) is 34.9 Å². The van der Waals surface area contributed by atoms with Crippen molar-refractivity contribution in [2.24, 2.45) is 0 Å². The summed E-state index contributed by atoms with van der Waals surface area (Å²) >= 11 is 6.09.